The predicted octanol–water partition coefficient (Wildman–Crippen LogP) is 11.8. The normalized spacial score (nSPS) is 13.5. The smallest absolute Gasteiger partial charge is 0.119 e. The lowest BCUT2D eigenvalue weighted by atomic mass is 9.79. The lowest BCUT2D eigenvalue weighted by Crippen LogP contribution is -2.13. The van der Waals surface area contributed by atoms with Crippen molar-refractivity contribution in [2.24, 2.45) is 0 Å². The minimum absolute atomic E-state index is 0.316. The fourth-order valence-corrected chi connectivity index (χ4v) is 8.31. The molecule has 1 nitrogen and oxygen atoms in total. The van der Waals surface area contributed by atoms with E-state index in [-0.39, 0.29) is 0 Å². The van der Waals surface area contributed by atoms with Crippen molar-refractivity contribution in [3.63, 3.8) is 0 Å². The van der Waals surface area contributed by atoms with Crippen molar-refractivity contribution in [2.45, 2.75) is 138 Å². The van der Waals surface area contributed by atoms with Gasteiger partial charge in [-0.3, -0.25) is 0 Å². The quantitative estimate of drug-likeness (QED) is 0.141. The van der Waals surface area contributed by atoms with Gasteiger partial charge in [-0.15, -0.1) is 0 Å². The van der Waals surface area contributed by atoms with Crippen molar-refractivity contribution < 1.29 is 5.11 Å². The van der Waals surface area contributed by atoms with Gasteiger partial charge in [-0.05, 0) is 148 Å². The van der Waals surface area contributed by atoms with E-state index in [1.54, 1.807) is 0 Å². The van der Waals surface area contributed by atoms with Gasteiger partial charge in [-0.2, -0.15) is 0 Å². The summed E-state index contributed by atoms with van der Waals surface area (Å²) in [5.74, 6) is 1.52. The number of phenols is 1. The number of hydrogen-bond donors (Lipinski definition) is 1. The summed E-state index contributed by atoms with van der Waals surface area (Å²) >= 11 is 0. The van der Waals surface area contributed by atoms with E-state index in [0.29, 0.717) is 23.5 Å². The van der Waals surface area contributed by atoms with Crippen LogP contribution in [0.1, 0.15) is 147 Å². The van der Waals surface area contributed by atoms with Gasteiger partial charge in [0.15, 0.2) is 0 Å². The molecule has 46 heavy (non-hydrogen) atoms. The second kappa shape index (κ2) is 16.5. The van der Waals surface area contributed by atoms with E-state index in [0.717, 1.165) is 63.4 Å². The molecule has 1 N–H and O–H groups in total. The average molecular weight is 617 g/mol. The van der Waals surface area contributed by atoms with Gasteiger partial charge >= 0.3 is 0 Å². The van der Waals surface area contributed by atoms with Gasteiger partial charge in [-0.1, -0.05) is 123 Å². The molecule has 4 aromatic carbocycles. The predicted molar refractivity (Wildman–Crippen MR) is 200 cm³/mol. The van der Waals surface area contributed by atoms with Crippen molar-refractivity contribution in [1.82, 2.24) is 0 Å². The average Bonchev–Trinajstić information content (AvgIpc) is 3.09. The Morgan fingerprint density at radius 3 is 1.13 bits per heavy atom. The van der Waals surface area contributed by atoms with Crippen LogP contribution in [0.3, 0.4) is 0 Å². The fourth-order valence-electron chi connectivity index (χ4n) is 8.31. The zero-order chi connectivity index (χ0) is 33.4. The molecular weight excluding hydrogens is 556 g/mol. The molecule has 0 aliphatic heterocycles. The molecule has 0 radical (unpaired) electrons. The maximum absolute atomic E-state index is 11.6. The molecule has 0 aromatic heterocycles. The highest BCUT2D eigenvalue weighted by molar-refractivity contribution is 5.49. The van der Waals surface area contributed by atoms with Crippen LogP contribution in [-0.2, 0) is 57.8 Å². The van der Waals surface area contributed by atoms with Crippen LogP contribution >= 0.6 is 0 Å². The Kier molecular flexibility index (Phi) is 12.7. The molecule has 4 aromatic rings. The zero-order valence-corrected chi connectivity index (χ0v) is 30.4. The molecule has 3 atom stereocenters. The third-order valence-electron chi connectivity index (χ3n) is 10.8. The number of phenolic OH excluding ortho intramolecular Hbond substituents is 1. The summed E-state index contributed by atoms with van der Waals surface area (Å²) in [6.07, 6.45) is 9.11. The Morgan fingerprint density at radius 2 is 0.761 bits per heavy atom. The Balaban J connectivity index is 1.82. The summed E-state index contributed by atoms with van der Waals surface area (Å²) in [6.45, 7) is 20.8. The van der Waals surface area contributed by atoms with Crippen molar-refractivity contribution in [3.05, 3.63) is 133 Å². The molecular formula is C45H60O. The lowest BCUT2D eigenvalue weighted by molar-refractivity contribution is 0.463. The minimum Gasteiger partial charge on any atom is -0.508 e. The van der Waals surface area contributed by atoms with E-state index >= 15 is 0 Å². The van der Waals surface area contributed by atoms with Gasteiger partial charge in [-0.25, -0.2) is 0 Å². The van der Waals surface area contributed by atoms with E-state index < -0.39 is 0 Å². The first-order chi connectivity index (χ1) is 22.2. The van der Waals surface area contributed by atoms with Gasteiger partial charge in [0.1, 0.15) is 5.75 Å². The summed E-state index contributed by atoms with van der Waals surface area (Å²) in [5, 5.41) is 11.6. The summed E-state index contributed by atoms with van der Waals surface area (Å²) in [5.41, 5.74) is 17.2. The third kappa shape index (κ3) is 7.62. The second-order valence-corrected chi connectivity index (χ2v) is 13.6. The number of hydrogen-bond acceptors (Lipinski definition) is 1. The molecule has 0 saturated carbocycles. The molecule has 0 aliphatic rings. The minimum atomic E-state index is 0.316. The largest absolute Gasteiger partial charge is 0.508 e. The summed E-state index contributed by atoms with van der Waals surface area (Å²) in [7, 11) is 0. The molecule has 0 aliphatic carbocycles. The molecule has 3 unspecified atom stereocenters. The van der Waals surface area contributed by atoms with Gasteiger partial charge < -0.3 is 5.11 Å². The first-order valence-electron chi connectivity index (χ1n) is 18.4. The van der Waals surface area contributed by atoms with Gasteiger partial charge in [0.2, 0.25) is 0 Å². The van der Waals surface area contributed by atoms with E-state index in [9.17, 15) is 5.11 Å². The molecule has 0 amide bonds. The van der Waals surface area contributed by atoms with E-state index in [4.69, 9.17) is 0 Å². The fraction of sp³-hybridized carbons (Fsp3) is 0.467. The maximum Gasteiger partial charge on any atom is 0.119 e. The first-order valence-corrected chi connectivity index (χ1v) is 18.4. The van der Waals surface area contributed by atoms with Crippen LogP contribution in [0.4, 0.5) is 0 Å². The first kappa shape index (κ1) is 35.5. The monoisotopic (exact) mass is 616 g/mol. The molecule has 4 rings (SSSR count). The maximum atomic E-state index is 11.6. The number of rotatable bonds is 15. The lowest BCUT2D eigenvalue weighted by Gasteiger charge is -2.26. The van der Waals surface area contributed by atoms with Crippen molar-refractivity contribution in [2.75, 3.05) is 0 Å². The van der Waals surface area contributed by atoms with Gasteiger partial charge in [0.05, 0.1) is 0 Å². The van der Waals surface area contributed by atoms with Crippen molar-refractivity contribution >= 4 is 0 Å². The van der Waals surface area contributed by atoms with E-state index in [1.807, 2.05) is 6.07 Å². The molecule has 0 spiro atoms. The van der Waals surface area contributed by atoms with Crippen molar-refractivity contribution in [3.8, 4) is 5.75 Å². The van der Waals surface area contributed by atoms with E-state index in [1.165, 1.54) is 61.2 Å². The molecule has 246 valence electrons. The van der Waals surface area contributed by atoms with Crippen LogP contribution in [0.5, 0.6) is 5.75 Å². The van der Waals surface area contributed by atoms with Crippen LogP contribution in [-0.4, -0.2) is 5.11 Å². The Labute approximate surface area is 281 Å². The zero-order valence-electron chi connectivity index (χ0n) is 30.4. The summed E-state index contributed by atoms with van der Waals surface area (Å²) in [6, 6.07) is 24.9. The van der Waals surface area contributed by atoms with Crippen LogP contribution in [0.25, 0.3) is 0 Å². The Bertz CT molecular complexity index is 1590. The Morgan fingerprint density at radius 1 is 0.391 bits per heavy atom. The topological polar surface area (TPSA) is 20.2 Å². The summed E-state index contributed by atoms with van der Waals surface area (Å²) in [4.78, 5) is 0. The molecule has 0 bridgehead atoms. The molecule has 1 heteroatoms. The van der Waals surface area contributed by atoms with Crippen LogP contribution in [0.2, 0.25) is 0 Å². The highest BCUT2D eigenvalue weighted by atomic mass is 16.3. The molecule has 0 fully saturated rings. The molecule has 0 heterocycles. The standard InChI is InChI=1S/C45H60O/c1-10-33-19-16-22-40(37(33)13-4)30(7)27-36-25-26-45(46)44(29-32(9)42-24-18-21-35(12-3)39(42)15-6)43(36)28-31(8)41-23-17-20-34(11-2)38(41)14-5/h16-26,30-32,46H,10-15,27-29H2,1-9H3. The highest BCUT2D eigenvalue weighted by Gasteiger charge is 2.24. The van der Waals surface area contributed by atoms with Crippen LogP contribution < -0.4 is 0 Å². The third-order valence-corrected chi connectivity index (χ3v) is 10.8. The summed E-state index contributed by atoms with van der Waals surface area (Å²) < 4.78 is 0. The van der Waals surface area contributed by atoms with E-state index in [2.05, 4.69) is 123 Å². The number of benzene rings is 4. The number of aromatic hydroxyl groups is 1. The van der Waals surface area contributed by atoms with Crippen LogP contribution in [0.15, 0.2) is 66.7 Å². The molecule has 0 saturated heterocycles. The number of aryl methyl sites for hydroxylation is 3. The van der Waals surface area contributed by atoms with Gasteiger partial charge in [0.25, 0.3) is 0 Å². The SMILES string of the molecule is CCc1cccc(C(C)Cc2ccc(O)c(CC(C)c3cccc(CC)c3CC)c2CC(C)c2cccc(CC)c2CC)c1CC. The van der Waals surface area contributed by atoms with Crippen LogP contribution in [0, 0.1) is 0 Å². The van der Waals surface area contributed by atoms with Crippen molar-refractivity contribution in [1.29, 1.82) is 0 Å². The Hall–Kier alpha value is -3.32. The van der Waals surface area contributed by atoms with Gasteiger partial charge in [0, 0.05) is 0 Å². The second-order valence-electron chi connectivity index (χ2n) is 13.6. The highest BCUT2D eigenvalue weighted by Crippen LogP contribution is 2.38.